The minimum Gasteiger partial charge on any atom is -0.495 e. The number of carbonyl (C=O) groups is 3. The number of imide groups is 1. The molecule has 1 aliphatic heterocycles. The molecule has 3 amide bonds. The molecule has 0 saturated carbocycles. The summed E-state index contributed by atoms with van der Waals surface area (Å²) in [5.41, 5.74) is 0.214. The lowest BCUT2D eigenvalue weighted by Gasteiger charge is -2.23. The average Bonchev–Trinajstić information content (AvgIpc) is 2.97. The summed E-state index contributed by atoms with van der Waals surface area (Å²) in [5, 5.41) is 2.60. The van der Waals surface area contributed by atoms with E-state index in [-0.39, 0.29) is 28.1 Å². The maximum atomic E-state index is 12.8. The molecular formula is C20H25N3O6S. The van der Waals surface area contributed by atoms with Crippen molar-refractivity contribution in [3.63, 3.8) is 0 Å². The molecule has 0 bridgehead atoms. The van der Waals surface area contributed by atoms with Crippen LogP contribution in [-0.4, -0.2) is 62.6 Å². The Morgan fingerprint density at radius 3 is 2.23 bits per heavy atom. The van der Waals surface area contributed by atoms with Crippen LogP contribution in [0.4, 0.5) is 5.69 Å². The van der Waals surface area contributed by atoms with Crippen molar-refractivity contribution in [1.29, 1.82) is 0 Å². The van der Waals surface area contributed by atoms with Gasteiger partial charge in [0.05, 0.1) is 18.9 Å². The lowest BCUT2D eigenvalue weighted by Crippen LogP contribution is -2.46. The van der Waals surface area contributed by atoms with Crippen LogP contribution in [0.15, 0.2) is 35.2 Å². The molecule has 1 N–H and O–H groups in total. The first-order valence-corrected chi connectivity index (χ1v) is 11.0. The van der Waals surface area contributed by atoms with Crippen LogP contribution in [0.2, 0.25) is 0 Å². The molecule has 1 aromatic carbocycles. The average molecular weight is 436 g/mol. The summed E-state index contributed by atoms with van der Waals surface area (Å²) in [6.45, 7) is 1.48. The molecule has 2 aliphatic rings. The molecule has 30 heavy (non-hydrogen) atoms. The largest absolute Gasteiger partial charge is 0.495 e. The number of ether oxygens (including phenoxy) is 1. The number of sulfonamides is 1. The highest BCUT2D eigenvalue weighted by Crippen LogP contribution is 2.36. The van der Waals surface area contributed by atoms with Crippen LogP contribution in [0.25, 0.3) is 0 Å². The van der Waals surface area contributed by atoms with Crippen molar-refractivity contribution in [2.24, 2.45) is 11.8 Å². The first kappa shape index (κ1) is 22.0. The number of fused-ring (bicyclic) bond motifs is 1. The number of nitrogens with zero attached hydrogens (tertiary/aromatic N) is 2. The van der Waals surface area contributed by atoms with Gasteiger partial charge in [-0.25, -0.2) is 12.7 Å². The third kappa shape index (κ3) is 3.72. The van der Waals surface area contributed by atoms with E-state index in [0.717, 1.165) is 9.21 Å². The van der Waals surface area contributed by atoms with Crippen molar-refractivity contribution < 1.29 is 27.5 Å². The van der Waals surface area contributed by atoms with Gasteiger partial charge in [-0.15, -0.1) is 0 Å². The van der Waals surface area contributed by atoms with Gasteiger partial charge in [0.15, 0.2) is 0 Å². The Balaban J connectivity index is 1.82. The van der Waals surface area contributed by atoms with Crippen LogP contribution in [0.1, 0.15) is 19.8 Å². The number of anilines is 1. The number of nitrogens with one attached hydrogen (secondary N) is 1. The van der Waals surface area contributed by atoms with Crippen molar-refractivity contribution in [1.82, 2.24) is 9.21 Å². The third-order valence-electron chi connectivity index (χ3n) is 5.50. The van der Waals surface area contributed by atoms with Gasteiger partial charge in [-0.1, -0.05) is 12.2 Å². The van der Waals surface area contributed by atoms with Gasteiger partial charge in [-0.2, -0.15) is 0 Å². The Hall–Kier alpha value is -2.72. The smallest absolute Gasteiger partial charge is 0.247 e. The summed E-state index contributed by atoms with van der Waals surface area (Å²) in [4.78, 5) is 39.1. The highest BCUT2D eigenvalue weighted by molar-refractivity contribution is 7.89. The molecule has 1 heterocycles. The Bertz CT molecular complexity index is 991. The van der Waals surface area contributed by atoms with E-state index < -0.39 is 33.8 Å². The second-order valence-corrected chi connectivity index (χ2v) is 9.64. The number of allylic oxidation sites excluding steroid dienone is 2. The van der Waals surface area contributed by atoms with Gasteiger partial charge < -0.3 is 10.1 Å². The Morgan fingerprint density at radius 2 is 1.73 bits per heavy atom. The summed E-state index contributed by atoms with van der Waals surface area (Å²) < 4.78 is 31.3. The second kappa shape index (κ2) is 8.19. The van der Waals surface area contributed by atoms with Crippen LogP contribution in [0.5, 0.6) is 5.75 Å². The predicted molar refractivity (Wildman–Crippen MR) is 109 cm³/mol. The minimum absolute atomic E-state index is 0.106. The first-order valence-electron chi connectivity index (χ1n) is 9.53. The predicted octanol–water partition coefficient (Wildman–Crippen LogP) is 1.22. The second-order valence-electron chi connectivity index (χ2n) is 7.52. The maximum Gasteiger partial charge on any atom is 0.247 e. The molecular weight excluding hydrogens is 410 g/mol. The van der Waals surface area contributed by atoms with Crippen molar-refractivity contribution in [3.05, 3.63) is 30.4 Å². The molecule has 0 spiro atoms. The van der Waals surface area contributed by atoms with Crippen LogP contribution < -0.4 is 10.1 Å². The third-order valence-corrected chi connectivity index (χ3v) is 7.33. The minimum atomic E-state index is -3.81. The first-order chi connectivity index (χ1) is 14.1. The zero-order valence-corrected chi connectivity index (χ0v) is 18.1. The van der Waals surface area contributed by atoms with E-state index in [0.29, 0.717) is 12.8 Å². The molecule has 9 nitrogen and oxygen atoms in total. The van der Waals surface area contributed by atoms with Crippen molar-refractivity contribution >= 4 is 33.4 Å². The van der Waals surface area contributed by atoms with Crippen LogP contribution >= 0.6 is 0 Å². The number of benzene rings is 1. The summed E-state index contributed by atoms with van der Waals surface area (Å²) in [6, 6.07) is 3.20. The quantitative estimate of drug-likeness (QED) is 0.531. The van der Waals surface area contributed by atoms with E-state index >= 15 is 0 Å². The molecule has 162 valence electrons. The van der Waals surface area contributed by atoms with Gasteiger partial charge >= 0.3 is 0 Å². The molecule has 0 unspecified atom stereocenters. The van der Waals surface area contributed by atoms with Gasteiger partial charge in [-0.05, 0) is 38.0 Å². The van der Waals surface area contributed by atoms with E-state index in [4.69, 9.17) is 4.74 Å². The van der Waals surface area contributed by atoms with E-state index in [2.05, 4.69) is 5.32 Å². The van der Waals surface area contributed by atoms with Gasteiger partial charge in [0, 0.05) is 19.8 Å². The number of hydrogen-bond acceptors (Lipinski definition) is 6. The molecule has 1 fully saturated rings. The van der Waals surface area contributed by atoms with Gasteiger partial charge in [0.25, 0.3) is 0 Å². The Labute approximate surface area is 175 Å². The fourth-order valence-electron chi connectivity index (χ4n) is 3.72. The number of carbonyl (C=O) groups excluding carboxylic acids is 3. The number of likely N-dealkylation sites (tertiary alicyclic amines) is 1. The number of amides is 3. The Morgan fingerprint density at radius 1 is 1.17 bits per heavy atom. The molecule has 1 aromatic rings. The Kier molecular flexibility index (Phi) is 6.00. The molecule has 3 rings (SSSR count). The summed E-state index contributed by atoms with van der Waals surface area (Å²) >= 11 is 0. The molecule has 1 saturated heterocycles. The normalized spacial score (nSPS) is 22.2. The van der Waals surface area contributed by atoms with Crippen molar-refractivity contribution in [2.45, 2.75) is 30.7 Å². The van der Waals surface area contributed by atoms with E-state index in [1.165, 1.54) is 46.3 Å². The van der Waals surface area contributed by atoms with Gasteiger partial charge in [0.2, 0.25) is 27.7 Å². The summed E-state index contributed by atoms with van der Waals surface area (Å²) in [6.07, 6.45) is 4.74. The molecule has 3 atom stereocenters. The molecule has 0 aromatic heterocycles. The van der Waals surface area contributed by atoms with E-state index in [1.54, 1.807) is 0 Å². The summed E-state index contributed by atoms with van der Waals surface area (Å²) in [5.74, 6) is -1.98. The standard InChI is InChI=1S/C20H25N3O6S/c1-12(23-19(25)14-7-5-6-8-15(14)20(23)26)18(24)21-13-9-10-16(29-4)17(11-13)30(27,28)22(2)3/h5-6,9-12,14-15H,7-8H2,1-4H3,(H,21,24)/t12-,14-,15-/m0/s1. The summed E-state index contributed by atoms with van der Waals surface area (Å²) in [7, 11) is 0.316. The van der Waals surface area contributed by atoms with Crippen molar-refractivity contribution in [2.75, 3.05) is 26.5 Å². The highest BCUT2D eigenvalue weighted by atomic mass is 32.2. The SMILES string of the molecule is COc1ccc(NC(=O)[C@H](C)N2C(=O)[C@H]3CC=CC[C@@H]3C2=O)cc1S(=O)(=O)N(C)C. The molecule has 10 heteroatoms. The fourth-order valence-corrected chi connectivity index (χ4v) is 4.80. The molecule has 0 radical (unpaired) electrons. The van der Waals surface area contributed by atoms with E-state index in [9.17, 15) is 22.8 Å². The molecule has 1 aliphatic carbocycles. The topological polar surface area (TPSA) is 113 Å². The lowest BCUT2D eigenvalue weighted by molar-refractivity contribution is -0.146. The lowest BCUT2D eigenvalue weighted by atomic mass is 9.85. The maximum absolute atomic E-state index is 12.8. The number of methoxy groups -OCH3 is 1. The van der Waals surface area contributed by atoms with Crippen LogP contribution in [-0.2, 0) is 24.4 Å². The zero-order valence-electron chi connectivity index (χ0n) is 17.3. The monoisotopic (exact) mass is 435 g/mol. The fraction of sp³-hybridized carbons (Fsp3) is 0.450. The zero-order chi connectivity index (χ0) is 22.2. The highest BCUT2D eigenvalue weighted by Gasteiger charge is 2.50. The van der Waals surface area contributed by atoms with Crippen molar-refractivity contribution in [3.8, 4) is 5.75 Å². The van der Waals surface area contributed by atoms with Crippen LogP contribution in [0, 0.1) is 11.8 Å². The number of rotatable bonds is 6. The van der Waals surface area contributed by atoms with E-state index in [1.807, 2.05) is 12.2 Å². The van der Waals surface area contributed by atoms with Gasteiger partial charge in [-0.3, -0.25) is 19.3 Å². The van der Waals surface area contributed by atoms with Gasteiger partial charge in [0.1, 0.15) is 16.7 Å². The van der Waals surface area contributed by atoms with Crippen LogP contribution in [0.3, 0.4) is 0 Å². The number of hydrogen-bond donors (Lipinski definition) is 1.